The topological polar surface area (TPSA) is 94.8 Å². The normalized spacial score (nSPS) is 11.3. The summed E-state index contributed by atoms with van der Waals surface area (Å²) in [6.45, 7) is 6.10. The summed E-state index contributed by atoms with van der Waals surface area (Å²) >= 11 is 0. The van der Waals surface area contributed by atoms with E-state index in [1.54, 1.807) is 4.80 Å². The van der Waals surface area contributed by atoms with Gasteiger partial charge in [0.25, 0.3) is 0 Å². The van der Waals surface area contributed by atoms with E-state index in [-0.39, 0.29) is 5.91 Å². The van der Waals surface area contributed by atoms with Crippen LogP contribution in [-0.4, -0.2) is 31.1 Å². The molecule has 8 nitrogen and oxygen atoms in total. The molecule has 2 aromatic heterocycles. The molecular weight excluding hydrogens is 633 g/mol. The molecule has 252 valence electrons. The Bertz CT molecular complexity index is 2160. The van der Waals surface area contributed by atoms with Gasteiger partial charge < -0.3 is 10.1 Å². The molecule has 0 saturated heterocycles. The number of hydrogen-bond acceptors (Lipinski definition) is 6. The second-order valence-corrected chi connectivity index (χ2v) is 12.5. The van der Waals surface area contributed by atoms with Crippen molar-refractivity contribution < 1.29 is 9.53 Å². The van der Waals surface area contributed by atoms with Crippen molar-refractivity contribution in [2.75, 3.05) is 0 Å². The molecule has 0 aliphatic rings. The molecule has 0 fully saturated rings. The van der Waals surface area contributed by atoms with Gasteiger partial charge in [0.2, 0.25) is 11.7 Å². The van der Waals surface area contributed by atoms with Crippen molar-refractivity contribution in [1.29, 1.82) is 0 Å². The first-order valence-electron chi connectivity index (χ1n) is 16.9. The summed E-state index contributed by atoms with van der Waals surface area (Å²) in [4.78, 5) is 17.9. The maximum Gasteiger partial charge on any atom is 0.217 e. The van der Waals surface area contributed by atoms with Gasteiger partial charge in [-0.15, -0.1) is 15.0 Å². The number of carbonyl (C=O) groups is 1. The molecule has 0 spiro atoms. The number of ether oxygens (including phenoxy) is 1. The number of nitrogens with zero attached hydrogens (tertiary/aromatic N) is 5. The SMILES string of the molecule is CC(=O)NCc1c(OCc2ccc(-c3ccccc3-c3nnn(C(c4ccccc4)(c4ccccc4)c4ccccc4)n3)cc2)cc(C)nc1C. The van der Waals surface area contributed by atoms with Gasteiger partial charge in [-0.2, -0.15) is 0 Å². The van der Waals surface area contributed by atoms with Crippen LogP contribution in [-0.2, 0) is 23.5 Å². The Morgan fingerprint density at radius 1 is 0.725 bits per heavy atom. The minimum Gasteiger partial charge on any atom is -0.488 e. The van der Waals surface area contributed by atoms with Crippen molar-refractivity contribution in [1.82, 2.24) is 30.5 Å². The van der Waals surface area contributed by atoms with E-state index in [1.807, 2.05) is 92.7 Å². The zero-order valence-electron chi connectivity index (χ0n) is 28.8. The summed E-state index contributed by atoms with van der Waals surface area (Å²) in [7, 11) is 0. The summed E-state index contributed by atoms with van der Waals surface area (Å²) in [6, 6.07) is 49.4. The highest BCUT2D eigenvalue weighted by Gasteiger charge is 2.41. The Hall–Kier alpha value is -6.41. The summed E-state index contributed by atoms with van der Waals surface area (Å²) in [6.07, 6.45) is 0. The highest BCUT2D eigenvalue weighted by atomic mass is 16.5. The lowest BCUT2D eigenvalue weighted by Crippen LogP contribution is -2.39. The number of amides is 1. The van der Waals surface area contributed by atoms with Gasteiger partial charge in [0.15, 0.2) is 5.54 Å². The molecule has 0 aliphatic carbocycles. The molecule has 0 unspecified atom stereocenters. The lowest BCUT2D eigenvalue weighted by atomic mass is 9.77. The van der Waals surface area contributed by atoms with Crippen LogP contribution in [0.2, 0.25) is 0 Å². The Morgan fingerprint density at radius 3 is 1.84 bits per heavy atom. The lowest BCUT2D eigenvalue weighted by Gasteiger charge is -2.34. The van der Waals surface area contributed by atoms with E-state index in [0.29, 0.717) is 19.0 Å². The van der Waals surface area contributed by atoms with Crippen LogP contribution in [0.3, 0.4) is 0 Å². The molecule has 0 atom stereocenters. The van der Waals surface area contributed by atoms with Crippen LogP contribution >= 0.6 is 0 Å². The second-order valence-electron chi connectivity index (χ2n) is 12.5. The Balaban J connectivity index is 1.22. The number of rotatable bonds is 11. The Morgan fingerprint density at radius 2 is 1.27 bits per heavy atom. The number of pyridine rings is 1. The van der Waals surface area contributed by atoms with Crippen molar-refractivity contribution in [3.8, 4) is 28.3 Å². The first-order valence-corrected chi connectivity index (χ1v) is 16.9. The summed E-state index contributed by atoms with van der Waals surface area (Å²) in [5.41, 5.74) is 8.69. The average molecular weight is 671 g/mol. The van der Waals surface area contributed by atoms with Crippen LogP contribution in [0.4, 0.5) is 0 Å². The monoisotopic (exact) mass is 670 g/mol. The Kier molecular flexibility index (Phi) is 9.48. The van der Waals surface area contributed by atoms with E-state index in [9.17, 15) is 4.79 Å². The van der Waals surface area contributed by atoms with Gasteiger partial charge in [-0.25, -0.2) is 0 Å². The zero-order valence-corrected chi connectivity index (χ0v) is 28.8. The molecule has 1 N–H and O–H groups in total. The van der Waals surface area contributed by atoms with Crippen LogP contribution in [0, 0.1) is 13.8 Å². The standard InChI is InChI=1S/C43H38N6O2/c1-30-27-41(40(31(2)45-30)28-44-32(3)50)51-29-33-23-25-34(26-24-33)38-21-13-14-22-39(38)42-46-48-49(47-42)43(35-15-7-4-8-16-35,36-17-9-5-10-18-36)37-19-11-6-12-20-37/h4-27H,28-29H2,1-3H3,(H,44,50). The minimum absolute atomic E-state index is 0.0996. The predicted octanol–water partition coefficient (Wildman–Crippen LogP) is 8.07. The van der Waals surface area contributed by atoms with Crippen molar-refractivity contribution >= 4 is 5.91 Å². The number of aromatic nitrogens is 5. The van der Waals surface area contributed by atoms with Gasteiger partial charge in [0, 0.05) is 42.0 Å². The molecular formula is C43H38N6O2. The van der Waals surface area contributed by atoms with E-state index in [1.165, 1.54) is 6.92 Å². The van der Waals surface area contributed by atoms with Crippen molar-refractivity contribution in [3.05, 3.63) is 185 Å². The van der Waals surface area contributed by atoms with E-state index >= 15 is 0 Å². The van der Waals surface area contributed by atoms with Gasteiger partial charge in [0.1, 0.15) is 12.4 Å². The average Bonchev–Trinajstić information content (AvgIpc) is 3.66. The fourth-order valence-corrected chi connectivity index (χ4v) is 6.60. The van der Waals surface area contributed by atoms with Gasteiger partial charge in [0.05, 0.1) is 0 Å². The highest BCUT2D eigenvalue weighted by Crippen LogP contribution is 2.40. The number of aryl methyl sites for hydroxylation is 2. The highest BCUT2D eigenvalue weighted by molar-refractivity contribution is 5.80. The van der Waals surface area contributed by atoms with Gasteiger partial charge in [-0.1, -0.05) is 140 Å². The third-order valence-corrected chi connectivity index (χ3v) is 9.05. The van der Waals surface area contributed by atoms with Gasteiger partial charge >= 0.3 is 0 Å². The fraction of sp³-hybridized carbons (Fsp3) is 0.140. The van der Waals surface area contributed by atoms with Gasteiger partial charge in [-0.3, -0.25) is 9.78 Å². The third kappa shape index (κ3) is 6.76. The summed E-state index contributed by atoms with van der Waals surface area (Å²) in [5.74, 6) is 1.15. The summed E-state index contributed by atoms with van der Waals surface area (Å²) in [5, 5.41) is 17.4. The molecule has 7 rings (SSSR count). The van der Waals surface area contributed by atoms with Crippen LogP contribution in [0.1, 0.15) is 46.1 Å². The number of carbonyl (C=O) groups excluding carboxylic acids is 1. The maximum atomic E-state index is 11.6. The van der Waals surface area contributed by atoms with Crippen molar-refractivity contribution in [2.24, 2.45) is 0 Å². The third-order valence-electron chi connectivity index (χ3n) is 9.05. The smallest absolute Gasteiger partial charge is 0.217 e. The van der Waals surface area contributed by atoms with Crippen LogP contribution in [0.25, 0.3) is 22.5 Å². The molecule has 51 heavy (non-hydrogen) atoms. The van der Waals surface area contributed by atoms with Crippen LogP contribution < -0.4 is 10.1 Å². The molecule has 7 aromatic rings. The van der Waals surface area contributed by atoms with E-state index < -0.39 is 5.54 Å². The quantitative estimate of drug-likeness (QED) is 0.140. The minimum atomic E-state index is -0.862. The van der Waals surface area contributed by atoms with E-state index in [0.717, 1.165) is 61.6 Å². The number of tetrazole rings is 1. The van der Waals surface area contributed by atoms with Crippen molar-refractivity contribution in [2.45, 2.75) is 39.5 Å². The first-order chi connectivity index (χ1) is 24.9. The molecule has 2 heterocycles. The number of nitrogens with one attached hydrogen (secondary N) is 1. The van der Waals surface area contributed by atoms with Crippen LogP contribution in [0.15, 0.2) is 146 Å². The first kappa shape index (κ1) is 33.1. The van der Waals surface area contributed by atoms with E-state index in [4.69, 9.17) is 20.1 Å². The maximum absolute atomic E-state index is 11.6. The molecule has 0 aliphatic heterocycles. The zero-order chi connectivity index (χ0) is 35.2. The molecule has 1 amide bonds. The molecule has 5 aromatic carbocycles. The number of benzene rings is 5. The molecule has 8 heteroatoms. The van der Waals surface area contributed by atoms with Crippen LogP contribution in [0.5, 0.6) is 5.75 Å². The lowest BCUT2D eigenvalue weighted by molar-refractivity contribution is -0.119. The Labute approximate surface area is 297 Å². The molecule has 0 saturated carbocycles. The summed E-state index contributed by atoms with van der Waals surface area (Å²) < 4.78 is 6.28. The van der Waals surface area contributed by atoms with Gasteiger partial charge in [-0.05, 0) is 52.4 Å². The second kappa shape index (κ2) is 14.6. The predicted molar refractivity (Wildman–Crippen MR) is 199 cm³/mol. The number of hydrogen-bond donors (Lipinski definition) is 1. The molecule has 0 bridgehead atoms. The molecule has 0 radical (unpaired) electrons. The van der Waals surface area contributed by atoms with Crippen molar-refractivity contribution in [3.63, 3.8) is 0 Å². The largest absolute Gasteiger partial charge is 0.488 e. The van der Waals surface area contributed by atoms with E-state index in [2.05, 4.69) is 77.0 Å². The fourth-order valence-electron chi connectivity index (χ4n) is 6.60.